The van der Waals surface area contributed by atoms with Crippen LogP contribution in [0.4, 0.5) is 42.5 Å². The summed E-state index contributed by atoms with van der Waals surface area (Å²) in [5.74, 6) is -0.765. The molecule has 0 saturated carbocycles. The maximum Gasteiger partial charge on any atom is 0.573 e. The standard InChI is InChI=1S/C30H21F6N7O4S/c1-17-2-3-19(13-46-15-29(31,32)33)24(10-17)43-25(44)14-48-28(43)40-27(45)39-23-9-4-18(11-20(23)12-37)26-38-16-42(41-26)21-5-7-22(8-6-21)47-30(34,35)36/h2-11,16H,13-15H2,1H3,(H,39,45)/b40-28-. The third-order valence-electron chi connectivity index (χ3n) is 6.43. The number of hydrogen-bond acceptors (Lipinski definition) is 8. The predicted molar refractivity (Wildman–Crippen MR) is 161 cm³/mol. The summed E-state index contributed by atoms with van der Waals surface area (Å²) in [7, 11) is 0. The fraction of sp³-hybridized carbons (Fsp3) is 0.200. The second kappa shape index (κ2) is 13.8. The van der Waals surface area contributed by atoms with Crippen LogP contribution >= 0.6 is 11.8 Å². The number of amidine groups is 1. The van der Waals surface area contributed by atoms with Gasteiger partial charge in [-0.2, -0.15) is 23.4 Å². The summed E-state index contributed by atoms with van der Waals surface area (Å²) in [5, 5.41) is 16.5. The summed E-state index contributed by atoms with van der Waals surface area (Å²) >= 11 is 0.952. The highest BCUT2D eigenvalue weighted by molar-refractivity contribution is 8.15. The molecule has 3 aromatic carbocycles. The molecule has 0 atom stereocenters. The molecule has 18 heteroatoms. The molecule has 248 valence electrons. The van der Waals surface area contributed by atoms with Crippen molar-refractivity contribution >= 4 is 40.2 Å². The summed E-state index contributed by atoms with van der Waals surface area (Å²) in [4.78, 5) is 35.1. The zero-order chi connectivity index (χ0) is 34.6. The molecule has 1 fully saturated rings. The lowest BCUT2D eigenvalue weighted by atomic mass is 10.1. The van der Waals surface area contributed by atoms with Gasteiger partial charge in [0.25, 0.3) is 0 Å². The summed E-state index contributed by atoms with van der Waals surface area (Å²) < 4.78 is 85.2. The van der Waals surface area contributed by atoms with Gasteiger partial charge < -0.3 is 14.8 Å². The lowest BCUT2D eigenvalue weighted by Crippen LogP contribution is -2.31. The van der Waals surface area contributed by atoms with Gasteiger partial charge in [-0.1, -0.05) is 23.9 Å². The minimum absolute atomic E-state index is 0.0147. The first-order valence-corrected chi connectivity index (χ1v) is 14.6. The molecule has 1 N–H and O–H groups in total. The molecule has 1 saturated heterocycles. The SMILES string of the molecule is Cc1ccc(COCC(F)(F)F)c(N2C(=O)CS/C2=N\C(=O)Nc2ccc(-c3ncn(-c4ccc(OC(F)(F)F)cc4)n3)cc2C#N)c1. The molecule has 1 aliphatic heterocycles. The number of nitriles is 1. The number of halogens is 6. The van der Waals surface area contributed by atoms with E-state index >= 15 is 0 Å². The Morgan fingerprint density at radius 2 is 1.83 bits per heavy atom. The Morgan fingerprint density at radius 1 is 1.08 bits per heavy atom. The van der Waals surface area contributed by atoms with Gasteiger partial charge >= 0.3 is 18.6 Å². The molecule has 1 aliphatic rings. The second-order valence-electron chi connectivity index (χ2n) is 10.0. The van der Waals surface area contributed by atoms with Gasteiger partial charge in [-0.15, -0.1) is 18.3 Å². The van der Waals surface area contributed by atoms with Crippen molar-refractivity contribution in [2.45, 2.75) is 26.1 Å². The minimum atomic E-state index is -4.83. The number of hydrogen-bond donors (Lipinski definition) is 1. The number of benzene rings is 3. The average Bonchev–Trinajstić information content (AvgIpc) is 3.64. The number of ether oxygens (including phenoxy) is 2. The van der Waals surface area contributed by atoms with Crippen molar-refractivity contribution in [3.8, 4) is 28.9 Å². The number of nitrogens with one attached hydrogen (secondary N) is 1. The van der Waals surface area contributed by atoms with Crippen molar-refractivity contribution in [3.05, 3.63) is 83.7 Å². The van der Waals surface area contributed by atoms with Gasteiger partial charge in [0.15, 0.2) is 11.0 Å². The highest BCUT2D eigenvalue weighted by Crippen LogP contribution is 2.32. The van der Waals surface area contributed by atoms with Crippen LogP contribution in [0.2, 0.25) is 0 Å². The molecule has 0 radical (unpaired) electrons. The number of nitrogens with zero attached hydrogens (tertiary/aromatic N) is 6. The van der Waals surface area contributed by atoms with Crippen LogP contribution in [-0.4, -0.2) is 56.8 Å². The summed E-state index contributed by atoms with van der Waals surface area (Å²) in [6, 6.07) is 15.0. The fourth-order valence-electron chi connectivity index (χ4n) is 4.40. The smallest absolute Gasteiger partial charge is 0.406 e. The Bertz CT molecular complexity index is 1920. The van der Waals surface area contributed by atoms with Gasteiger partial charge in [0.1, 0.15) is 24.8 Å². The van der Waals surface area contributed by atoms with Crippen LogP contribution in [0.25, 0.3) is 17.1 Å². The maximum atomic E-state index is 13.0. The van der Waals surface area contributed by atoms with Gasteiger partial charge in [0.05, 0.1) is 35.0 Å². The first-order chi connectivity index (χ1) is 22.7. The van der Waals surface area contributed by atoms with Gasteiger partial charge in [-0.3, -0.25) is 9.69 Å². The van der Waals surface area contributed by atoms with Crippen LogP contribution in [0, 0.1) is 18.3 Å². The number of aryl methyl sites for hydroxylation is 1. The number of amides is 3. The average molecular weight is 690 g/mol. The molecule has 0 bridgehead atoms. The second-order valence-corrected chi connectivity index (χ2v) is 11.0. The minimum Gasteiger partial charge on any atom is -0.406 e. The first kappa shape index (κ1) is 33.9. The normalized spacial score (nSPS) is 14.3. The first-order valence-electron chi connectivity index (χ1n) is 13.6. The number of aliphatic imine (C=N–C) groups is 1. The molecule has 2 heterocycles. The molecular formula is C30H21F6N7O4S. The van der Waals surface area contributed by atoms with Gasteiger partial charge in [-0.25, -0.2) is 14.5 Å². The van der Waals surface area contributed by atoms with E-state index in [1.54, 1.807) is 19.1 Å². The van der Waals surface area contributed by atoms with E-state index in [2.05, 4.69) is 25.1 Å². The number of aromatic nitrogens is 3. The van der Waals surface area contributed by atoms with Crippen LogP contribution in [0.3, 0.4) is 0 Å². The topological polar surface area (TPSA) is 135 Å². The fourth-order valence-corrected chi connectivity index (χ4v) is 5.26. The van der Waals surface area contributed by atoms with Crippen molar-refractivity contribution in [2.75, 3.05) is 22.6 Å². The molecule has 0 aliphatic carbocycles. The van der Waals surface area contributed by atoms with E-state index in [-0.39, 0.29) is 39.2 Å². The molecule has 0 spiro atoms. The van der Waals surface area contributed by atoms with Gasteiger partial charge in [0.2, 0.25) is 5.91 Å². The molecule has 48 heavy (non-hydrogen) atoms. The largest absolute Gasteiger partial charge is 0.573 e. The number of urea groups is 1. The van der Waals surface area contributed by atoms with Crippen molar-refractivity contribution in [1.82, 2.24) is 14.8 Å². The Morgan fingerprint density at radius 3 is 2.52 bits per heavy atom. The van der Waals surface area contributed by atoms with E-state index in [1.165, 1.54) is 47.4 Å². The van der Waals surface area contributed by atoms with Crippen LogP contribution in [-0.2, 0) is 16.1 Å². The van der Waals surface area contributed by atoms with Gasteiger partial charge in [-0.05, 0) is 61.0 Å². The molecule has 5 rings (SSSR count). The number of thioether (sulfide) groups is 1. The predicted octanol–water partition coefficient (Wildman–Crippen LogP) is 6.76. The monoisotopic (exact) mass is 689 g/mol. The number of carbonyl (C=O) groups excluding carboxylic acids is 2. The summed E-state index contributed by atoms with van der Waals surface area (Å²) in [5.41, 5.74) is 2.06. The third kappa shape index (κ3) is 8.49. The summed E-state index contributed by atoms with van der Waals surface area (Å²) in [6.07, 6.45) is -8.05. The van der Waals surface area contributed by atoms with E-state index in [1.807, 2.05) is 6.07 Å². The van der Waals surface area contributed by atoms with E-state index < -0.39 is 43.4 Å². The van der Waals surface area contributed by atoms with Crippen molar-refractivity contribution in [2.24, 2.45) is 4.99 Å². The van der Waals surface area contributed by atoms with E-state index in [0.717, 1.165) is 28.8 Å². The van der Waals surface area contributed by atoms with Crippen LogP contribution < -0.4 is 15.0 Å². The van der Waals surface area contributed by atoms with Crippen LogP contribution in [0.5, 0.6) is 5.75 Å². The zero-order valence-corrected chi connectivity index (χ0v) is 25.3. The van der Waals surface area contributed by atoms with Crippen LogP contribution in [0.15, 0.2) is 72.0 Å². The highest BCUT2D eigenvalue weighted by Gasteiger charge is 2.33. The Kier molecular flexibility index (Phi) is 9.72. The Hall–Kier alpha value is -5.41. The third-order valence-corrected chi connectivity index (χ3v) is 7.36. The van der Waals surface area contributed by atoms with E-state index in [9.17, 15) is 41.2 Å². The molecule has 3 amide bonds. The number of anilines is 2. The lowest BCUT2D eigenvalue weighted by molar-refractivity contribution is -0.274. The van der Waals surface area contributed by atoms with Crippen molar-refractivity contribution in [1.29, 1.82) is 5.26 Å². The maximum absolute atomic E-state index is 13.0. The molecule has 11 nitrogen and oxygen atoms in total. The molecule has 0 unspecified atom stereocenters. The number of carbonyl (C=O) groups is 2. The Labute approximate surface area is 271 Å². The quantitative estimate of drug-likeness (QED) is 0.201. The summed E-state index contributed by atoms with van der Waals surface area (Å²) in [6.45, 7) is -0.206. The van der Waals surface area contributed by atoms with Crippen LogP contribution in [0.1, 0.15) is 16.7 Å². The highest BCUT2D eigenvalue weighted by atomic mass is 32.2. The van der Waals surface area contributed by atoms with Gasteiger partial charge in [0, 0.05) is 11.1 Å². The van der Waals surface area contributed by atoms with E-state index in [4.69, 9.17) is 4.74 Å². The molecule has 1 aromatic heterocycles. The number of rotatable bonds is 8. The number of alkyl halides is 6. The van der Waals surface area contributed by atoms with Crippen molar-refractivity contribution in [3.63, 3.8) is 0 Å². The van der Waals surface area contributed by atoms with E-state index in [0.29, 0.717) is 16.8 Å². The zero-order valence-electron chi connectivity index (χ0n) is 24.5. The lowest BCUT2D eigenvalue weighted by Gasteiger charge is -2.21. The molecular weight excluding hydrogens is 668 g/mol. The van der Waals surface area contributed by atoms with Crippen molar-refractivity contribution < 1.29 is 45.4 Å². The molecule has 4 aromatic rings. The Balaban J connectivity index is 1.32.